The van der Waals surface area contributed by atoms with Gasteiger partial charge in [0.15, 0.2) is 0 Å². The summed E-state index contributed by atoms with van der Waals surface area (Å²) in [6.07, 6.45) is 7.96. The molecule has 0 aromatic heterocycles. The number of rotatable bonds is 6. The molecule has 3 atom stereocenters. The van der Waals surface area contributed by atoms with Gasteiger partial charge in [0.05, 0.1) is 13.5 Å². The van der Waals surface area contributed by atoms with Crippen molar-refractivity contribution in [1.29, 1.82) is 0 Å². The Kier molecular flexibility index (Phi) is 6.52. The van der Waals surface area contributed by atoms with Gasteiger partial charge in [0.25, 0.3) is 0 Å². The first-order chi connectivity index (χ1) is 9.10. The van der Waals surface area contributed by atoms with E-state index in [4.69, 9.17) is 14.5 Å². The van der Waals surface area contributed by atoms with E-state index in [2.05, 4.69) is 32.9 Å². The molecule has 0 saturated carbocycles. The quantitative estimate of drug-likeness (QED) is 0.421. The van der Waals surface area contributed by atoms with Gasteiger partial charge in [-0.25, -0.2) is 9.78 Å². The van der Waals surface area contributed by atoms with Gasteiger partial charge in [-0.05, 0) is 25.2 Å². The van der Waals surface area contributed by atoms with E-state index in [1.807, 2.05) is 0 Å². The molecule has 0 aromatic carbocycles. The van der Waals surface area contributed by atoms with Crippen molar-refractivity contribution in [3.05, 3.63) is 12.2 Å². The molecule has 1 aliphatic rings. The van der Waals surface area contributed by atoms with Crippen molar-refractivity contribution in [3.8, 4) is 0 Å². The highest BCUT2D eigenvalue weighted by Gasteiger charge is 2.41. The first-order valence-electron chi connectivity index (χ1n) is 7.19. The van der Waals surface area contributed by atoms with Gasteiger partial charge in [0.1, 0.15) is 11.7 Å². The average Bonchev–Trinajstić information content (AvgIpc) is 2.46. The van der Waals surface area contributed by atoms with Crippen molar-refractivity contribution in [2.24, 2.45) is 5.92 Å². The minimum Gasteiger partial charge on any atom is -0.469 e. The molecule has 4 heteroatoms. The highest BCUT2D eigenvalue weighted by molar-refractivity contribution is 5.69. The van der Waals surface area contributed by atoms with Gasteiger partial charge in [-0.3, -0.25) is 4.79 Å². The minimum absolute atomic E-state index is 0.202. The lowest BCUT2D eigenvalue weighted by Gasteiger charge is -2.41. The van der Waals surface area contributed by atoms with E-state index < -0.39 is 0 Å². The average molecular weight is 270 g/mol. The van der Waals surface area contributed by atoms with Crippen LogP contribution in [0.1, 0.15) is 52.9 Å². The van der Waals surface area contributed by atoms with Crippen LogP contribution < -0.4 is 0 Å². The zero-order valence-electron chi connectivity index (χ0n) is 12.5. The van der Waals surface area contributed by atoms with E-state index in [9.17, 15) is 4.79 Å². The van der Waals surface area contributed by atoms with E-state index in [0.29, 0.717) is 5.92 Å². The summed E-state index contributed by atoms with van der Waals surface area (Å²) in [5, 5.41) is 0. The van der Waals surface area contributed by atoms with Crippen molar-refractivity contribution >= 4 is 5.97 Å². The number of carbonyl (C=O) groups excluding carboxylic acids is 1. The molecule has 4 nitrogen and oxygen atoms in total. The predicted octanol–water partition coefficient (Wildman–Crippen LogP) is 3.41. The smallest absolute Gasteiger partial charge is 0.308 e. The van der Waals surface area contributed by atoms with Gasteiger partial charge in [0.2, 0.25) is 0 Å². The Morgan fingerprint density at radius 1 is 1.42 bits per heavy atom. The molecule has 1 aliphatic heterocycles. The molecule has 0 aromatic rings. The summed E-state index contributed by atoms with van der Waals surface area (Å²) in [7, 11) is 1.40. The Morgan fingerprint density at radius 3 is 2.68 bits per heavy atom. The number of carbonyl (C=O) groups is 1. The highest BCUT2D eigenvalue weighted by Crippen LogP contribution is 2.37. The fourth-order valence-corrected chi connectivity index (χ4v) is 2.45. The zero-order valence-corrected chi connectivity index (χ0v) is 12.5. The third-order valence-corrected chi connectivity index (χ3v) is 3.85. The number of hydrogen-bond donors (Lipinski definition) is 0. The number of ether oxygens (including phenoxy) is 1. The van der Waals surface area contributed by atoms with E-state index in [1.54, 1.807) is 0 Å². The molecule has 0 radical (unpaired) electrons. The molecule has 110 valence electrons. The van der Waals surface area contributed by atoms with Gasteiger partial charge < -0.3 is 4.74 Å². The zero-order chi connectivity index (χ0) is 14.3. The van der Waals surface area contributed by atoms with Crippen LogP contribution in [-0.4, -0.2) is 24.8 Å². The third kappa shape index (κ3) is 4.32. The van der Waals surface area contributed by atoms with Crippen LogP contribution in [-0.2, 0) is 19.3 Å². The normalized spacial score (nSPS) is 31.6. The maximum Gasteiger partial charge on any atom is 0.308 e. The SMILES string of the molecule is CC/C=C/[C@]1(CC)C[C@@H](CC)[C@H](CC(=O)OC)OO1. The van der Waals surface area contributed by atoms with Crippen LogP contribution >= 0.6 is 0 Å². The van der Waals surface area contributed by atoms with Crippen LogP contribution in [0.3, 0.4) is 0 Å². The van der Waals surface area contributed by atoms with E-state index >= 15 is 0 Å². The molecule has 0 unspecified atom stereocenters. The molecule has 0 N–H and O–H groups in total. The molecule has 0 bridgehead atoms. The maximum absolute atomic E-state index is 11.4. The summed E-state index contributed by atoms with van der Waals surface area (Å²) < 4.78 is 4.70. The molecule has 1 fully saturated rings. The second-order valence-electron chi connectivity index (χ2n) is 5.10. The van der Waals surface area contributed by atoms with Crippen LogP contribution in [0.25, 0.3) is 0 Å². The first-order valence-corrected chi connectivity index (χ1v) is 7.19. The summed E-state index contributed by atoms with van der Waals surface area (Å²) in [6, 6.07) is 0. The molecule has 1 saturated heterocycles. The second-order valence-corrected chi connectivity index (χ2v) is 5.10. The van der Waals surface area contributed by atoms with Crippen molar-refractivity contribution in [3.63, 3.8) is 0 Å². The lowest BCUT2D eigenvalue weighted by molar-refractivity contribution is -0.409. The third-order valence-electron chi connectivity index (χ3n) is 3.85. The van der Waals surface area contributed by atoms with Crippen LogP contribution in [0.2, 0.25) is 0 Å². The Labute approximate surface area is 116 Å². The fourth-order valence-electron chi connectivity index (χ4n) is 2.45. The second kappa shape index (κ2) is 7.65. The van der Waals surface area contributed by atoms with Gasteiger partial charge in [0, 0.05) is 0 Å². The van der Waals surface area contributed by atoms with Crippen LogP contribution in [0.4, 0.5) is 0 Å². The fraction of sp³-hybridized carbons (Fsp3) is 0.800. The molecule has 19 heavy (non-hydrogen) atoms. The van der Waals surface area contributed by atoms with Gasteiger partial charge >= 0.3 is 5.97 Å². The number of methoxy groups -OCH3 is 1. The van der Waals surface area contributed by atoms with Gasteiger partial charge in [-0.1, -0.05) is 39.3 Å². The van der Waals surface area contributed by atoms with Crippen molar-refractivity contribution in [2.45, 2.75) is 64.6 Å². The van der Waals surface area contributed by atoms with Crippen molar-refractivity contribution in [2.75, 3.05) is 7.11 Å². The highest BCUT2D eigenvalue weighted by atomic mass is 17.2. The number of esters is 1. The van der Waals surface area contributed by atoms with Crippen LogP contribution in [0, 0.1) is 5.92 Å². The minimum atomic E-state index is -0.344. The molecule has 0 spiro atoms. The largest absolute Gasteiger partial charge is 0.469 e. The Balaban J connectivity index is 2.72. The van der Waals surface area contributed by atoms with Gasteiger partial charge in [-0.2, -0.15) is 0 Å². The van der Waals surface area contributed by atoms with Crippen LogP contribution in [0.15, 0.2) is 12.2 Å². The monoisotopic (exact) mass is 270 g/mol. The van der Waals surface area contributed by atoms with Crippen LogP contribution in [0.5, 0.6) is 0 Å². The predicted molar refractivity (Wildman–Crippen MR) is 73.4 cm³/mol. The van der Waals surface area contributed by atoms with E-state index in [0.717, 1.165) is 25.7 Å². The molecule has 0 aliphatic carbocycles. The Morgan fingerprint density at radius 2 is 2.16 bits per heavy atom. The van der Waals surface area contributed by atoms with Gasteiger partial charge in [-0.15, -0.1) is 0 Å². The summed E-state index contributed by atoms with van der Waals surface area (Å²) in [4.78, 5) is 22.5. The molecule has 1 heterocycles. The molecular weight excluding hydrogens is 244 g/mol. The summed E-state index contributed by atoms with van der Waals surface area (Å²) in [5.74, 6) is 0.0643. The molecule has 0 amide bonds. The van der Waals surface area contributed by atoms with E-state index in [-0.39, 0.29) is 24.1 Å². The number of allylic oxidation sites excluding steroid dienone is 1. The summed E-state index contributed by atoms with van der Waals surface area (Å²) >= 11 is 0. The summed E-state index contributed by atoms with van der Waals surface area (Å²) in [6.45, 7) is 6.31. The lowest BCUT2D eigenvalue weighted by Crippen LogP contribution is -2.44. The Bertz CT molecular complexity index is 313. The van der Waals surface area contributed by atoms with E-state index in [1.165, 1.54) is 7.11 Å². The lowest BCUT2D eigenvalue weighted by atomic mass is 9.81. The van der Waals surface area contributed by atoms with Crippen molar-refractivity contribution in [1.82, 2.24) is 0 Å². The standard InChI is InChI=1S/C15H26O4/c1-5-8-9-15(7-3)11-12(6-2)13(18-19-15)10-14(16)17-4/h8-9,12-13H,5-7,10-11H2,1-4H3/b9-8+/t12-,13+,15-/m1/s1. The topological polar surface area (TPSA) is 44.8 Å². The molecular formula is C15H26O4. The number of hydrogen-bond acceptors (Lipinski definition) is 4. The van der Waals surface area contributed by atoms with Crippen molar-refractivity contribution < 1.29 is 19.3 Å². The maximum atomic E-state index is 11.4. The summed E-state index contributed by atoms with van der Waals surface area (Å²) in [5.41, 5.74) is -0.344. The first kappa shape index (κ1) is 16.2. The molecule has 1 rings (SSSR count). The Hall–Kier alpha value is -0.870.